The van der Waals surface area contributed by atoms with Crippen LogP contribution in [0.1, 0.15) is 5.01 Å². The van der Waals surface area contributed by atoms with Crippen molar-refractivity contribution >= 4 is 34.8 Å². The maximum atomic E-state index is 5.75. The molecule has 0 atom stereocenters. The predicted molar refractivity (Wildman–Crippen MR) is 68.7 cm³/mol. The molecule has 0 aliphatic rings. The van der Waals surface area contributed by atoms with E-state index in [0.717, 1.165) is 11.4 Å². The molecule has 2 rings (SSSR count). The molecule has 0 aliphatic heterocycles. The highest BCUT2D eigenvalue weighted by Crippen LogP contribution is 2.09. The summed E-state index contributed by atoms with van der Waals surface area (Å²) >= 11 is 7.38. The second kappa shape index (κ2) is 5.74. The highest BCUT2D eigenvalue weighted by atomic mass is 35.5. The van der Waals surface area contributed by atoms with Gasteiger partial charge >= 0.3 is 0 Å². The van der Waals surface area contributed by atoms with Crippen LogP contribution in [0.4, 0.5) is 11.9 Å². The highest BCUT2D eigenvalue weighted by molar-refractivity contribution is 7.09. The van der Waals surface area contributed by atoms with Crippen molar-refractivity contribution in [1.82, 2.24) is 19.9 Å². The van der Waals surface area contributed by atoms with Gasteiger partial charge < -0.3 is 10.6 Å². The minimum Gasteiger partial charge on any atom is -0.357 e. The summed E-state index contributed by atoms with van der Waals surface area (Å²) < 4.78 is 0. The third kappa shape index (κ3) is 3.50. The van der Waals surface area contributed by atoms with Crippen LogP contribution in [0.15, 0.2) is 11.6 Å². The third-order valence-corrected chi connectivity index (χ3v) is 2.95. The van der Waals surface area contributed by atoms with Gasteiger partial charge in [0.15, 0.2) is 0 Å². The molecule has 2 heterocycles. The van der Waals surface area contributed by atoms with Gasteiger partial charge in [-0.25, -0.2) is 4.98 Å². The van der Waals surface area contributed by atoms with Crippen LogP contribution < -0.4 is 10.6 Å². The zero-order chi connectivity index (χ0) is 12.1. The summed E-state index contributed by atoms with van der Waals surface area (Å²) in [6.07, 6.45) is 2.62. The number of nitrogens with zero attached hydrogens (tertiary/aromatic N) is 4. The molecule has 0 bridgehead atoms. The number of anilines is 2. The molecule has 0 fully saturated rings. The van der Waals surface area contributed by atoms with Crippen molar-refractivity contribution in [3.63, 3.8) is 0 Å². The highest BCUT2D eigenvalue weighted by Gasteiger charge is 2.03. The van der Waals surface area contributed by atoms with Gasteiger partial charge in [-0.3, -0.25) is 0 Å². The molecule has 0 aliphatic carbocycles. The minimum atomic E-state index is 0.168. The van der Waals surface area contributed by atoms with E-state index in [-0.39, 0.29) is 5.28 Å². The van der Waals surface area contributed by atoms with Crippen molar-refractivity contribution in [1.29, 1.82) is 0 Å². The summed E-state index contributed by atoms with van der Waals surface area (Å²) in [6.45, 7) is 0.705. The zero-order valence-electron chi connectivity index (χ0n) is 9.14. The molecular weight excluding hydrogens is 260 g/mol. The first kappa shape index (κ1) is 12.0. The van der Waals surface area contributed by atoms with Crippen molar-refractivity contribution in [2.24, 2.45) is 0 Å². The van der Waals surface area contributed by atoms with E-state index in [1.807, 2.05) is 5.38 Å². The lowest BCUT2D eigenvalue weighted by atomic mass is 10.4. The quantitative estimate of drug-likeness (QED) is 0.861. The predicted octanol–water partition coefficient (Wildman–Crippen LogP) is 1.68. The van der Waals surface area contributed by atoms with Crippen LogP contribution in [-0.4, -0.2) is 33.5 Å². The smallest absolute Gasteiger partial charge is 0.228 e. The standard InChI is InChI=1S/C9H11ClN6S/c1-11-8-14-7(10)15-9(16-8)13-3-2-6-12-4-5-17-6/h4-5H,2-3H2,1H3,(H2,11,13,14,15,16). The molecule has 17 heavy (non-hydrogen) atoms. The Labute approximate surface area is 108 Å². The van der Waals surface area contributed by atoms with E-state index >= 15 is 0 Å². The van der Waals surface area contributed by atoms with E-state index in [0.29, 0.717) is 18.4 Å². The molecule has 0 spiro atoms. The lowest BCUT2D eigenvalue weighted by molar-refractivity contribution is 0.954. The summed E-state index contributed by atoms with van der Waals surface area (Å²) in [5.41, 5.74) is 0. The van der Waals surface area contributed by atoms with Crippen molar-refractivity contribution in [3.8, 4) is 0 Å². The molecule has 2 N–H and O–H groups in total. The Morgan fingerprint density at radius 1 is 1.29 bits per heavy atom. The molecule has 0 saturated heterocycles. The van der Waals surface area contributed by atoms with Crippen LogP contribution >= 0.6 is 22.9 Å². The molecule has 0 radical (unpaired) electrons. The van der Waals surface area contributed by atoms with E-state index in [2.05, 4.69) is 30.6 Å². The number of halogens is 1. The molecule has 0 saturated carbocycles. The summed E-state index contributed by atoms with van der Waals surface area (Å²) in [4.78, 5) is 16.2. The third-order valence-electron chi connectivity index (χ3n) is 1.94. The normalized spacial score (nSPS) is 10.2. The van der Waals surface area contributed by atoms with E-state index in [9.17, 15) is 0 Å². The van der Waals surface area contributed by atoms with Gasteiger partial charge in [0.2, 0.25) is 17.2 Å². The van der Waals surface area contributed by atoms with Crippen LogP contribution in [0, 0.1) is 0 Å². The fourth-order valence-electron chi connectivity index (χ4n) is 1.20. The van der Waals surface area contributed by atoms with Gasteiger partial charge in [-0.1, -0.05) is 0 Å². The van der Waals surface area contributed by atoms with E-state index in [1.54, 1.807) is 24.6 Å². The molecule has 0 amide bonds. The molecule has 0 aromatic carbocycles. The van der Waals surface area contributed by atoms with Gasteiger partial charge in [-0.05, 0) is 11.6 Å². The van der Waals surface area contributed by atoms with Crippen LogP contribution in [0.25, 0.3) is 0 Å². The summed E-state index contributed by atoms with van der Waals surface area (Å²) in [7, 11) is 1.73. The van der Waals surface area contributed by atoms with Crippen molar-refractivity contribution in [2.75, 3.05) is 24.2 Å². The Hall–Kier alpha value is -1.47. The summed E-state index contributed by atoms with van der Waals surface area (Å²) in [6, 6.07) is 0. The summed E-state index contributed by atoms with van der Waals surface area (Å²) in [5, 5.41) is 9.09. The first-order valence-corrected chi connectivity index (χ1v) is 6.25. The van der Waals surface area contributed by atoms with Crippen LogP contribution in [0.3, 0.4) is 0 Å². The molecule has 90 valence electrons. The Balaban J connectivity index is 1.92. The van der Waals surface area contributed by atoms with Crippen LogP contribution in [0.2, 0.25) is 5.28 Å². The molecule has 0 unspecified atom stereocenters. The summed E-state index contributed by atoms with van der Waals surface area (Å²) in [5.74, 6) is 0.910. The Morgan fingerprint density at radius 2 is 2.12 bits per heavy atom. The van der Waals surface area contributed by atoms with Crippen molar-refractivity contribution in [3.05, 3.63) is 21.9 Å². The van der Waals surface area contributed by atoms with Gasteiger partial charge in [-0.2, -0.15) is 15.0 Å². The number of aromatic nitrogens is 4. The molecule has 2 aromatic heterocycles. The Morgan fingerprint density at radius 3 is 2.82 bits per heavy atom. The SMILES string of the molecule is CNc1nc(Cl)nc(NCCc2nccs2)n1. The largest absolute Gasteiger partial charge is 0.357 e. The number of thiazole rings is 1. The van der Waals surface area contributed by atoms with Gasteiger partial charge in [0.05, 0.1) is 5.01 Å². The average Bonchev–Trinajstić information content (AvgIpc) is 2.81. The average molecular weight is 271 g/mol. The lowest BCUT2D eigenvalue weighted by Gasteiger charge is -2.05. The lowest BCUT2D eigenvalue weighted by Crippen LogP contribution is -2.10. The van der Waals surface area contributed by atoms with Crippen molar-refractivity contribution < 1.29 is 0 Å². The molecule has 8 heteroatoms. The number of nitrogens with one attached hydrogen (secondary N) is 2. The van der Waals surface area contributed by atoms with Crippen molar-refractivity contribution in [2.45, 2.75) is 6.42 Å². The second-order valence-electron chi connectivity index (χ2n) is 3.10. The monoisotopic (exact) mass is 270 g/mol. The fourth-order valence-corrected chi connectivity index (χ4v) is 1.98. The molecule has 6 nitrogen and oxygen atoms in total. The maximum absolute atomic E-state index is 5.75. The Kier molecular flexibility index (Phi) is 4.05. The van der Waals surface area contributed by atoms with Gasteiger partial charge in [0, 0.05) is 31.6 Å². The first-order chi connectivity index (χ1) is 8.28. The first-order valence-electron chi connectivity index (χ1n) is 4.99. The Bertz CT molecular complexity index is 474. The van der Waals surface area contributed by atoms with Gasteiger partial charge in [0.25, 0.3) is 0 Å². The second-order valence-corrected chi connectivity index (χ2v) is 4.42. The van der Waals surface area contributed by atoms with Gasteiger partial charge in [0.1, 0.15) is 0 Å². The fraction of sp³-hybridized carbons (Fsp3) is 0.333. The van der Waals surface area contributed by atoms with Crippen LogP contribution in [-0.2, 0) is 6.42 Å². The molecule has 2 aromatic rings. The number of hydrogen-bond acceptors (Lipinski definition) is 7. The topological polar surface area (TPSA) is 75.6 Å². The number of rotatable bonds is 5. The van der Waals surface area contributed by atoms with E-state index in [4.69, 9.17) is 11.6 Å². The minimum absolute atomic E-state index is 0.168. The molecular formula is C9H11ClN6S. The maximum Gasteiger partial charge on any atom is 0.228 e. The van der Waals surface area contributed by atoms with Crippen LogP contribution in [0.5, 0.6) is 0 Å². The zero-order valence-corrected chi connectivity index (χ0v) is 10.7. The number of hydrogen-bond donors (Lipinski definition) is 2. The van der Waals surface area contributed by atoms with E-state index in [1.165, 1.54) is 0 Å². The van der Waals surface area contributed by atoms with Gasteiger partial charge in [-0.15, -0.1) is 11.3 Å². The van der Waals surface area contributed by atoms with E-state index < -0.39 is 0 Å².